The first-order chi connectivity index (χ1) is 9.43. The van der Waals surface area contributed by atoms with Crippen LogP contribution in [-0.2, 0) is 19.5 Å². The van der Waals surface area contributed by atoms with E-state index in [4.69, 9.17) is 27.9 Å². The number of carbonyl (C=O) groups is 1. The number of hydrogen-bond donors (Lipinski definition) is 2. The molecule has 1 saturated heterocycles. The van der Waals surface area contributed by atoms with Crippen LogP contribution in [0.3, 0.4) is 0 Å². The van der Waals surface area contributed by atoms with E-state index in [1.165, 1.54) is 0 Å². The Kier molecular flexibility index (Phi) is 14.5. The molecule has 1 aliphatic rings. The molecule has 0 bridgehead atoms. The maximum atomic E-state index is 11.3. The first-order valence-corrected chi connectivity index (χ1v) is 13.0. The van der Waals surface area contributed by atoms with Gasteiger partial charge in [0.1, 0.15) is 5.78 Å². The van der Waals surface area contributed by atoms with Gasteiger partial charge in [-0.2, -0.15) is 0 Å². The summed E-state index contributed by atoms with van der Waals surface area (Å²) in [6.07, 6.45) is 0. The first-order valence-electron chi connectivity index (χ1n) is 6.54. The zero-order valence-electron chi connectivity index (χ0n) is 12.0. The first kappa shape index (κ1) is 21.1. The van der Waals surface area contributed by atoms with Crippen LogP contribution in [0.1, 0.15) is 6.92 Å². The van der Waals surface area contributed by atoms with Crippen molar-refractivity contribution in [3.05, 3.63) is 5.32 Å². The van der Waals surface area contributed by atoms with Gasteiger partial charge in [0.15, 0.2) is 0 Å². The molecule has 1 heterocycles. The Morgan fingerprint density at radius 1 is 1.20 bits per heavy atom. The third kappa shape index (κ3) is 14.0. The number of ketones is 1. The normalized spacial score (nSPS) is 22.8. The Bertz CT molecular complexity index is 259. The molecule has 1 aliphatic heterocycles. The van der Waals surface area contributed by atoms with Crippen LogP contribution in [0.4, 0.5) is 0 Å². The summed E-state index contributed by atoms with van der Waals surface area (Å²) >= 11 is -1.92. The van der Waals surface area contributed by atoms with E-state index in [2.05, 4.69) is 27.9 Å². The van der Waals surface area contributed by atoms with E-state index in [1.807, 2.05) is 0 Å². The van der Waals surface area contributed by atoms with Gasteiger partial charge >= 0.3 is 42.6 Å². The molecule has 1 unspecified atom stereocenters. The zero-order valence-corrected chi connectivity index (χ0v) is 15.8. The van der Waals surface area contributed by atoms with Gasteiger partial charge in [-0.05, 0) is 27.1 Å². The van der Waals surface area contributed by atoms with Gasteiger partial charge in [0.2, 0.25) is 0 Å². The van der Waals surface area contributed by atoms with Crippen LogP contribution in [0.15, 0.2) is 0 Å². The third-order valence-corrected chi connectivity index (χ3v) is 2.79. The van der Waals surface area contributed by atoms with Crippen LogP contribution in [0.2, 0.25) is 0 Å². The Morgan fingerprint density at radius 2 is 1.80 bits per heavy atom. The second-order valence-corrected chi connectivity index (χ2v) is 12.2. The molecule has 1 fully saturated rings. The van der Waals surface area contributed by atoms with E-state index in [9.17, 15) is 4.79 Å². The number of carbonyl (C=O) groups excluding carboxylic acids is 1. The van der Waals surface area contributed by atoms with Crippen LogP contribution in [0.5, 0.6) is 0 Å². The van der Waals surface area contributed by atoms with Gasteiger partial charge in [-0.15, -0.1) is 6.54 Å². The predicted octanol–water partition coefficient (Wildman–Crippen LogP) is 1.51. The Labute approximate surface area is 139 Å². The SMILES string of the molecule is CC(=O)C1CNCCNCCN(C)CC[N-]1.[Cl][Ti+]([Cl])[Cl]. The molecular formula is C11H23Cl3N4OTi. The van der Waals surface area contributed by atoms with Gasteiger partial charge in [0.25, 0.3) is 0 Å². The number of hydrogen-bond acceptors (Lipinski definition) is 4. The van der Waals surface area contributed by atoms with E-state index >= 15 is 0 Å². The molecule has 0 aromatic heterocycles. The average Bonchev–Trinajstić information content (AvgIpc) is 2.32. The van der Waals surface area contributed by atoms with Gasteiger partial charge in [-0.1, -0.05) is 6.04 Å². The van der Waals surface area contributed by atoms with Crippen molar-refractivity contribution in [1.29, 1.82) is 0 Å². The van der Waals surface area contributed by atoms with E-state index in [1.54, 1.807) is 6.92 Å². The van der Waals surface area contributed by atoms with Crippen molar-refractivity contribution in [3.63, 3.8) is 0 Å². The molecule has 20 heavy (non-hydrogen) atoms. The molecule has 0 aliphatic carbocycles. The van der Waals surface area contributed by atoms with Crippen LogP contribution in [0.25, 0.3) is 5.32 Å². The topological polar surface area (TPSA) is 58.5 Å². The minimum absolute atomic E-state index is 0.153. The third-order valence-electron chi connectivity index (χ3n) is 2.79. The van der Waals surface area contributed by atoms with E-state index in [0.717, 1.165) is 39.3 Å². The van der Waals surface area contributed by atoms with Crippen molar-refractivity contribution in [2.75, 3.05) is 52.9 Å². The second kappa shape index (κ2) is 13.7. The second-order valence-electron chi connectivity index (χ2n) is 4.50. The number of likely N-dealkylation sites (N-methyl/N-ethyl adjacent to an activating group) is 1. The Hall–Kier alpha value is 1.09. The molecule has 0 amide bonds. The van der Waals surface area contributed by atoms with Crippen molar-refractivity contribution >= 4 is 33.7 Å². The molecule has 0 spiro atoms. The van der Waals surface area contributed by atoms with Gasteiger partial charge in [-0.25, -0.2) is 0 Å². The fourth-order valence-electron chi connectivity index (χ4n) is 1.64. The van der Waals surface area contributed by atoms with E-state index < -0.39 is 14.7 Å². The molecule has 0 aromatic carbocycles. The summed E-state index contributed by atoms with van der Waals surface area (Å²) < 4.78 is 0. The fourth-order valence-corrected chi connectivity index (χ4v) is 1.64. The van der Waals surface area contributed by atoms with E-state index in [-0.39, 0.29) is 11.8 Å². The molecule has 1 rings (SSSR count). The molecule has 5 nitrogen and oxygen atoms in total. The number of rotatable bonds is 1. The molecule has 0 aromatic rings. The number of Topliss-reactive ketones (excluding diaryl/α,β-unsaturated/α-hetero) is 1. The van der Waals surface area contributed by atoms with Gasteiger partial charge in [0, 0.05) is 26.2 Å². The summed E-state index contributed by atoms with van der Waals surface area (Å²) in [5.74, 6) is 0.153. The summed E-state index contributed by atoms with van der Waals surface area (Å²) in [5, 5.41) is 11.0. The van der Waals surface area contributed by atoms with Crippen LogP contribution in [-0.4, -0.2) is 69.6 Å². The fraction of sp³-hybridized carbons (Fsp3) is 0.909. The number of halogens is 3. The monoisotopic (exact) mass is 380 g/mol. The molecule has 118 valence electrons. The zero-order chi connectivity index (χ0) is 15.4. The molecule has 1 atom stereocenters. The van der Waals surface area contributed by atoms with Crippen LogP contribution < -0.4 is 10.6 Å². The van der Waals surface area contributed by atoms with Crippen molar-refractivity contribution in [1.82, 2.24) is 15.5 Å². The van der Waals surface area contributed by atoms with Gasteiger partial charge in [-0.3, -0.25) is 0 Å². The number of nitrogens with zero attached hydrogens (tertiary/aromatic N) is 2. The van der Waals surface area contributed by atoms with Crippen LogP contribution >= 0.6 is 27.9 Å². The Morgan fingerprint density at radius 3 is 2.40 bits per heavy atom. The molecule has 0 radical (unpaired) electrons. The summed E-state index contributed by atoms with van der Waals surface area (Å²) in [6.45, 7) is 7.81. The quantitative estimate of drug-likeness (QED) is 0.676. The van der Waals surface area contributed by atoms with Crippen molar-refractivity contribution in [2.24, 2.45) is 0 Å². The number of nitrogens with one attached hydrogen (secondary N) is 2. The summed E-state index contributed by atoms with van der Waals surface area (Å²) in [7, 11) is 17.0. The maximum absolute atomic E-state index is 11.3. The predicted molar refractivity (Wildman–Crippen MR) is 83.5 cm³/mol. The molecule has 2 N–H and O–H groups in total. The molecule has 0 saturated carbocycles. The standard InChI is InChI=1S/C11H23N4O.3ClH.Ti/c1-10(16)11-9-13-4-3-12-5-7-15(2)8-6-14-11;;;;/h11-13H,3-9H2,1-2H3;3*1H;/q-1;;;;+4/p-3. The minimum atomic E-state index is -1.92. The van der Waals surface area contributed by atoms with Crippen molar-refractivity contribution in [3.8, 4) is 0 Å². The average molecular weight is 382 g/mol. The summed E-state index contributed by atoms with van der Waals surface area (Å²) in [5.41, 5.74) is 0. The van der Waals surface area contributed by atoms with Crippen LogP contribution in [0, 0.1) is 0 Å². The van der Waals surface area contributed by atoms with Gasteiger partial charge in [0.05, 0.1) is 0 Å². The Balaban J connectivity index is 0.000000796. The van der Waals surface area contributed by atoms with Crippen molar-refractivity contribution in [2.45, 2.75) is 13.0 Å². The van der Waals surface area contributed by atoms with Gasteiger partial charge < -0.3 is 25.6 Å². The molecular weight excluding hydrogens is 358 g/mol. The van der Waals surface area contributed by atoms with E-state index in [0.29, 0.717) is 6.54 Å². The summed E-state index contributed by atoms with van der Waals surface area (Å²) in [4.78, 5) is 13.6. The molecule has 9 heteroatoms. The summed E-state index contributed by atoms with van der Waals surface area (Å²) in [6, 6.07) is -0.173. The van der Waals surface area contributed by atoms with Crippen molar-refractivity contribution < 1.29 is 19.5 Å².